The van der Waals surface area contributed by atoms with Crippen LogP contribution in [0.4, 0.5) is 0 Å². The van der Waals surface area contributed by atoms with Crippen molar-refractivity contribution in [2.24, 2.45) is 5.73 Å². The van der Waals surface area contributed by atoms with Crippen LogP contribution >= 0.6 is 15.9 Å². The third kappa shape index (κ3) is 3.30. The molecule has 0 aromatic carbocycles. The number of aliphatic hydroxyl groups is 1. The van der Waals surface area contributed by atoms with Gasteiger partial charge >= 0.3 is 0 Å². The van der Waals surface area contributed by atoms with E-state index in [1.54, 1.807) is 6.92 Å². The first-order valence-corrected chi connectivity index (χ1v) is 6.28. The Morgan fingerprint density at radius 2 is 2.12 bits per heavy atom. The number of rotatable bonds is 5. The Hall–Kier alpha value is -0.390. The lowest BCUT2D eigenvalue weighted by atomic mass is 10.0. The Kier molecular flexibility index (Phi) is 4.52. The first kappa shape index (κ1) is 13.7. The van der Waals surface area contributed by atoms with E-state index in [-0.39, 0.29) is 0 Å². The third-order valence-electron chi connectivity index (χ3n) is 2.82. The minimum absolute atomic E-state index is 0.299. The summed E-state index contributed by atoms with van der Waals surface area (Å²) in [4.78, 5) is 0. The van der Waals surface area contributed by atoms with Crippen molar-refractivity contribution in [3.05, 3.63) is 15.9 Å². The lowest BCUT2D eigenvalue weighted by Gasteiger charge is -2.20. The van der Waals surface area contributed by atoms with Crippen LogP contribution in [0.1, 0.15) is 31.2 Å². The predicted octanol–water partition coefficient (Wildman–Crippen LogP) is 1.75. The number of nitrogens with two attached hydrogens (primary N) is 1. The fourth-order valence-electron chi connectivity index (χ4n) is 1.60. The average Bonchev–Trinajstić information content (AvgIpc) is 2.46. The van der Waals surface area contributed by atoms with Gasteiger partial charge < -0.3 is 10.8 Å². The molecule has 0 amide bonds. The number of aromatic nitrogens is 2. The summed E-state index contributed by atoms with van der Waals surface area (Å²) < 4.78 is 3.03. The van der Waals surface area contributed by atoms with Gasteiger partial charge in [-0.05, 0) is 49.5 Å². The minimum Gasteiger partial charge on any atom is -0.389 e. The Labute approximate surface area is 105 Å². The SMILES string of the molecule is Cc1nn(CCCC(C)(O)CN)c(C)c1Br. The summed E-state index contributed by atoms with van der Waals surface area (Å²) in [7, 11) is 0. The molecule has 0 aliphatic rings. The van der Waals surface area contributed by atoms with E-state index in [1.165, 1.54) is 0 Å². The van der Waals surface area contributed by atoms with Crippen LogP contribution in [-0.4, -0.2) is 27.0 Å². The molecule has 1 aromatic rings. The van der Waals surface area contributed by atoms with Crippen LogP contribution < -0.4 is 5.73 Å². The molecule has 0 spiro atoms. The Bertz CT molecular complexity index is 360. The first-order valence-electron chi connectivity index (χ1n) is 5.49. The maximum absolute atomic E-state index is 9.77. The molecule has 1 unspecified atom stereocenters. The van der Waals surface area contributed by atoms with E-state index in [4.69, 9.17) is 5.73 Å². The molecule has 0 aliphatic carbocycles. The van der Waals surface area contributed by atoms with Crippen LogP contribution in [0.2, 0.25) is 0 Å². The highest BCUT2D eigenvalue weighted by atomic mass is 79.9. The van der Waals surface area contributed by atoms with Gasteiger partial charge in [0.15, 0.2) is 0 Å². The average molecular weight is 290 g/mol. The predicted molar refractivity (Wildman–Crippen MR) is 68.3 cm³/mol. The quantitative estimate of drug-likeness (QED) is 0.868. The van der Waals surface area contributed by atoms with Gasteiger partial charge in [-0.15, -0.1) is 0 Å². The molecule has 0 aliphatic heterocycles. The molecule has 1 rings (SSSR count). The van der Waals surface area contributed by atoms with Crippen LogP contribution in [-0.2, 0) is 6.54 Å². The summed E-state index contributed by atoms with van der Waals surface area (Å²) in [5.74, 6) is 0. The second-order valence-electron chi connectivity index (χ2n) is 4.51. The topological polar surface area (TPSA) is 64.1 Å². The molecule has 5 heteroatoms. The van der Waals surface area contributed by atoms with Gasteiger partial charge in [0.1, 0.15) is 0 Å². The number of halogens is 1. The molecule has 1 heterocycles. The van der Waals surface area contributed by atoms with Gasteiger partial charge in [0, 0.05) is 18.8 Å². The molecule has 0 bridgehead atoms. The number of nitrogens with zero attached hydrogens (tertiary/aromatic N) is 2. The zero-order valence-electron chi connectivity index (χ0n) is 10.1. The highest BCUT2D eigenvalue weighted by Crippen LogP contribution is 2.20. The molecule has 0 radical (unpaired) electrons. The van der Waals surface area contributed by atoms with E-state index in [0.29, 0.717) is 13.0 Å². The van der Waals surface area contributed by atoms with Crippen LogP contribution in [0.3, 0.4) is 0 Å². The molecular weight excluding hydrogens is 270 g/mol. The van der Waals surface area contributed by atoms with E-state index in [1.807, 2.05) is 18.5 Å². The van der Waals surface area contributed by atoms with Crippen molar-refractivity contribution in [1.29, 1.82) is 0 Å². The Morgan fingerprint density at radius 3 is 2.56 bits per heavy atom. The van der Waals surface area contributed by atoms with Gasteiger partial charge in [-0.3, -0.25) is 4.68 Å². The van der Waals surface area contributed by atoms with Crippen LogP contribution in [0.5, 0.6) is 0 Å². The molecule has 3 N–H and O–H groups in total. The normalized spacial score (nSPS) is 15.1. The van der Waals surface area contributed by atoms with Gasteiger partial charge in [0.2, 0.25) is 0 Å². The molecular formula is C11H20BrN3O. The van der Waals surface area contributed by atoms with Gasteiger partial charge in [-0.25, -0.2) is 0 Å². The summed E-state index contributed by atoms with van der Waals surface area (Å²) in [6, 6.07) is 0. The zero-order valence-corrected chi connectivity index (χ0v) is 11.7. The molecule has 0 saturated carbocycles. The summed E-state index contributed by atoms with van der Waals surface area (Å²) >= 11 is 3.49. The fraction of sp³-hybridized carbons (Fsp3) is 0.727. The summed E-state index contributed by atoms with van der Waals surface area (Å²) in [6.07, 6.45) is 1.57. The van der Waals surface area contributed by atoms with Crippen LogP contribution in [0.15, 0.2) is 4.47 Å². The molecule has 4 nitrogen and oxygen atoms in total. The number of hydrogen-bond acceptors (Lipinski definition) is 3. The molecule has 0 fully saturated rings. The van der Waals surface area contributed by atoms with Gasteiger partial charge in [-0.2, -0.15) is 5.10 Å². The van der Waals surface area contributed by atoms with Crippen molar-refractivity contribution in [3.63, 3.8) is 0 Å². The van der Waals surface area contributed by atoms with E-state index < -0.39 is 5.60 Å². The third-order valence-corrected chi connectivity index (χ3v) is 3.97. The van der Waals surface area contributed by atoms with E-state index >= 15 is 0 Å². The molecule has 1 atom stereocenters. The standard InChI is InChI=1S/C11H20BrN3O/c1-8-10(12)9(2)15(14-8)6-4-5-11(3,16)7-13/h16H,4-7,13H2,1-3H3. The molecule has 1 aromatic heterocycles. The summed E-state index contributed by atoms with van der Waals surface area (Å²) in [5, 5.41) is 14.2. The van der Waals surface area contributed by atoms with Crippen molar-refractivity contribution < 1.29 is 5.11 Å². The highest BCUT2D eigenvalue weighted by Gasteiger charge is 2.17. The van der Waals surface area contributed by atoms with Gasteiger partial charge in [-0.1, -0.05) is 0 Å². The van der Waals surface area contributed by atoms with Crippen molar-refractivity contribution in [1.82, 2.24) is 9.78 Å². The Morgan fingerprint density at radius 1 is 1.50 bits per heavy atom. The lowest BCUT2D eigenvalue weighted by Crippen LogP contribution is -2.34. The molecule has 0 saturated heterocycles. The van der Waals surface area contributed by atoms with Crippen molar-refractivity contribution in [2.45, 2.75) is 45.8 Å². The van der Waals surface area contributed by atoms with Crippen molar-refractivity contribution in [3.8, 4) is 0 Å². The van der Waals surface area contributed by atoms with Crippen molar-refractivity contribution in [2.75, 3.05) is 6.54 Å². The Balaban J connectivity index is 2.53. The summed E-state index contributed by atoms with van der Waals surface area (Å²) in [5.41, 5.74) is 6.84. The molecule has 16 heavy (non-hydrogen) atoms. The van der Waals surface area contributed by atoms with E-state index in [9.17, 15) is 5.11 Å². The summed E-state index contributed by atoms with van der Waals surface area (Å²) in [6.45, 7) is 6.89. The second kappa shape index (κ2) is 5.29. The van der Waals surface area contributed by atoms with Gasteiger partial charge in [0.05, 0.1) is 15.8 Å². The monoisotopic (exact) mass is 289 g/mol. The highest BCUT2D eigenvalue weighted by molar-refractivity contribution is 9.10. The fourth-order valence-corrected chi connectivity index (χ4v) is 1.89. The number of hydrogen-bond donors (Lipinski definition) is 2. The zero-order chi connectivity index (χ0) is 12.3. The molecule has 92 valence electrons. The van der Waals surface area contributed by atoms with E-state index in [2.05, 4.69) is 21.0 Å². The maximum atomic E-state index is 9.77. The first-order chi connectivity index (χ1) is 7.37. The number of aryl methyl sites for hydroxylation is 2. The second-order valence-corrected chi connectivity index (χ2v) is 5.31. The smallest absolute Gasteiger partial charge is 0.0742 e. The lowest BCUT2D eigenvalue weighted by molar-refractivity contribution is 0.0563. The minimum atomic E-state index is -0.757. The van der Waals surface area contributed by atoms with Gasteiger partial charge in [0.25, 0.3) is 0 Å². The maximum Gasteiger partial charge on any atom is 0.0742 e. The largest absolute Gasteiger partial charge is 0.389 e. The van der Waals surface area contributed by atoms with Crippen LogP contribution in [0.25, 0.3) is 0 Å². The van der Waals surface area contributed by atoms with E-state index in [0.717, 1.165) is 28.8 Å². The van der Waals surface area contributed by atoms with Crippen molar-refractivity contribution >= 4 is 15.9 Å². The van der Waals surface area contributed by atoms with Crippen LogP contribution in [0, 0.1) is 13.8 Å².